The topological polar surface area (TPSA) is 26.3 Å². The summed E-state index contributed by atoms with van der Waals surface area (Å²) >= 11 is 1.47. The van der Waals surface area contributed by atoms with Crippen LogP contribution in [0.25, 0.3) is 0 Å². The van der Waals surface area contributed by atoms with E-state index in [1.54, 1.807) is 7.11 Å². The summed E-state index contributed by atoms with van der Waals surface area (Å²) in [6.07, 6.45) is 1.82. The van der Waals surface area contributed by atoms with Gasteiger partial charge >= 0.3 is 0 Å². The molecule has 1 aromatic rings. The van der Waals surface area contributed by atoms with E-state index in [-0.39, 0.29) is 11.7 Å². The largest absolute Gasteiger partial charge is 0.496 e. The van der Waals surface area contributed by atoms with Crippen molar-refractivity contribution in [3.63, 3.8) is 0 Å². The van der Waals surface area contributed by atoms with E-state index in [4.69, 9.17) is 4.74 Å². The Balaban J connectivity index is 2.77. The average molecular weight is 212 g/mol. The van der Waals surface area contributed by atoms with Gasteiger partial charge in [-0.25, -0.2) is 0 Å². The third-order valence-corrected chi connectivity index (χ3v) is 3.33. The van der Waals surface area contributed by atoms with Gasteiger partial charge in [0, 0.05) is 17.4 Å². The van der Waals surface area contributed by atoms with Crippen molar-refractivity contribution in [2.24, 2.45) is 5.92 Å². The van der Waals surface area contributed by atoms with Crippen LogP contribution in [0.1, 0.15) is 36.4 Å². The molecule has 2 nitrogen and oxygen atoms in total. The SMILES string of the molecule is CCC(CC)C(=O)c1cc(OC)cs1. The predicted molar refractivity (Wildman–Crippen MR) is 59.3 cm³/mol. The number of ether oxygens (including phenoxy) is 1. The van der Waals surface area contributed by atoms with Crippen LogP contribution in [-0.2, 0) is 0 Å². The van der Waals surface area contributed by atoms with Crippen molar-refractivity contribution in [1.29, 1.82) is 0 Å². The van der Waals surface area contributed by atoms with Crippen molar-refractivity contribution in [3.05, 3.63) is 16.3 Å². The first-order valence-electron chi connectivity index (χ1n) is 4.89. The van der Waals surface area contributed by atoms with Gasteiger partial charge in [-0.2, -0.15) is 0 Å². The molecule has 1 rings (SSSR count). The van der Waals surface area contributed by atoms with Crippen LogP contribution in [0.2, 0.25) is 0 Å². The number of Topliss-reactive ketones (excluding diaryl/α,β-unsaturated/α-hetero) is 1. The number of ketones is 1. The summed E-state index contributed by atoms with van der Waals surface area (Å²) in [7, 11) is 1.62. The third kappa shape index (κ3) is 2.35. The van der Waals surface area contributed by atoms with Crippen LogP contribution in [0.3, 0.4) is 0 Å². The molecule has 0 unspecified atom stereocenters. The second-order valence-electron chi connectivity index (χ2n) is 3.23. The van der Waals surface area contributed by atoms with Gasteiger partial charge in [0.15, 0.2) is 5.78 Å². The molecule has 0 aromatic carbocycles. The maximum absolute atomic E-state index is 11.9. The molecule has 0 radical (unpaired) electrons. The second-order valence-corrected chi connectivity index (χ2v) is 4.14. The van der Waals surface area contributed by atoms with Gasteiger partial charge in [-0.3, -0.25) is 4.79 Å². The van der Waals surface area contributed by atoms with Crippen LogP contribution >= 0.6 is 11.3 Å². The van der Waals surface area contributed by atoms with Crippen LogP contribution < -0.4 is 4.74 Å². The summed E-state index contributed by atoms with van der Waals surface area (Å²) in [5.41, 5.74) is 0. The molecule has 0 saturated carbocycles. The second kappa shape index (κ2) is 5.15. The smallest absolute Gasteiger partial charge is 0.175 e. The highest BCUT2D eigenvalue weighted by molar-refractivity contribution is 7.12. The lowest BCUT2D eigenvalue weighted by atomic mass is 9.97. The first-order chi connectivity index (χ1) is 6.72. The molecule has 0 aliphatic rings. The van der Waals surface area contributed by atoms with Crippen LogP contribution in [0.4, 0.5) is 0 Å². The normalized spacial score (nSPS) is 10.6. The van der Waals surface area contributed by atoms with E-state index in [9.17, 15) is 4.79 Å². The number of methoxy groups -OCH3 is 1. The Labute approximate surface area is 88.9 Å². The molecule has 0 aliphatic heterocycles. The lowest BCUT2D eigenvalue weighted by Crippen LogP contribution is -2.11. The Morgan fingerprint density at radius 1 is 1.50 bits per heavy atom. The Kier molecular flexibility index (Phi) is 4.14. The minimum absolute atomic E-state index is 0.165. The minimum Gasteiger partial charge on any atom is -0.496 e. The van der Waals surface area contributed by atoms with Gasteiger partial charge in [-0.1, -0.05) is 13.8 Å². The molecule has 0 atom stereocenters. The van der Waals surface area contributed by atoms with Crippen molar-refractivity contribution >= 4 is 17.1 Å². The van der Waals surface area contributed by atoms with E-state index >= 15 is 0 Å². The van der Waals surface area contributed by atoms with E-state index in [1.807, 2.05) is 11.4 Å². The zero-order valence-corrected chi connectivity index (χ0v) is 9.69. The number of hydrogen-bond acceptors (Lipinski definition) is 3. The first-order valence-corrected chi connectivity index (χ1v) is 5.77. The Hall–Kier alpha value is -0.830. The van der Waals surface area contributed by atoms with Crippen LogP contribution in [0.5, 0.6) is 5.75 Å². The number of thiophene rings is 1. The summed E-state index contributed by atoms with van der Waals surface area (Å²) in [5.74, 6) is 1.20. The highest BCUT2D eigenvalue weighted by atomic mass is 32.1. The summed E-state index contributed by atoms with van der Waals surface area (Å²) in [6, 6.07) is 1.82. The number of hydrogen-bond donors (Lipinski definition) is 0. The monoisotopic (exact) mass is 212 g/mol. The number of carbonyl (C=O) groups is 1. The highest BCUT2D eigenvalue weighted by Gasteiger charge is 2.18. The highest BCUT2D eigenvalue weighted by Crippen LogP contribution is 2.25. The zero-order chi connectivity index (χ0) is 10.6. The molecule has 1 aromatic heterocycles. The molecule has 0 saturated heterocycles. The molecule has 14 heavy (non-hydrogen) atoms. The Bertz CT molecular complexity index is 300. The first kappa shape index (κ1) is 11.2. The maximum atomic E-state index is 11.9. The van der Waals surface area contributed by atoms with Crippen molar-refractivity contribution in [3.8, 4) is 5.75 Å². The number of rotatable bonds is 5. The van der Waals surface area contributed by atoms with Gasteiger partial charge in [0.1, 0.15) is 5.75 Å². The van der Waals surface area contributed by atoms with Crippen molar-refractivity contribution in [2.45, 2.75) is 26.7 Å². The van der Waals surface area contributed by atoms with E-state index in [1.165, 1.54) is 11.3 Å². The summed E-state index contributed by atoms with van der Waals surface area (Å²) in [5, 5.41) is 1.87. The quantitative estimate of drug-likeness (QED) is 0.699. The van der Waals surface area contributed by atoms with Crippen LogP contribution in [0.15, 0.2) is 11.4 Å². The molecular formula is C11H16O2S. The van der Waals surface area contributed by atoms with E-state index in [0.717, 1.165) is 23.5 Å². The van der Waals surface area contributed by atoms with E-state index in [2.05, 4.69) is 13.8 Å². The fourth-order valence-corrected chi connectivity index (χ4v) is 2.29. The Morgan fingerprint density at radius 3 is 2.57 bits per heavy atom. The minimum atomic E-state index is 0.165. The van der Waals surface area contributed by atoms with Crippen molar-refractivity contribution < 1.29 is 9.53 Å². The molecule has 0 bridgehead atoms. The summed E-state index contributed by atoms with van der Waals surface area (Å²) in [4.78, 5) is 12.7. The molecule has 0 N–H and O–H groups in total. The van der Waals surface area contributed by atoms with Gasteiger partial charge in [-0.15, -0.1) is 11.3 Å². The van der Waals surface area contributed by atoms with Gasteiger partial charge < -0.3 is 4.74 Å². The van der Waals surface area contributed by atoms with Crippen molar-refractivity contribution in [1.82, 2.24) is 0 Å². The third-order valence-electron chi connectivity index (χ3n) is 2.41. The molecule has 0 amide bonds. The number of carbonyl (C=O) groups excluding carboxylic acids is 1. The Morgan fingerprint density at radius 2 is 2.14 bits per heavy atom. The average Bonchev–Trinajstić information content (AvgIpc) is 2.67. The standard InChI is InChI=1S/C11H16O2S/c1-4-8(5-2)11(12)10-6-9(13-3)7-14-10/h6-8H,4-5H2,1-3H3. The molecule has 1 heterocycles. The predicted octanol–water partition coefficient (Wildman–Crippen LogP) is 3.38. The van der Waals surface area contributed by atoms with Crippen LogP contribution in [0, 0.1) is 5.92 Å². The fraction of sp³-hybridized carbons (Fsp3) is 0.545. The molecular weight excluding hydrogens is 196 g/mol. The molecule has 78 valence electrons. The molecule has 0 fully saturated rings. The summed E-state index contributed by atoms with van der Waals surface area (Å²) < 4.78 is 5.05. The molecule has 0 spiro atoms. The van der Waals surface area contributed by atoms with Crippen molar-refractivity contribution in [2.75, 3.05) is 7.11 Å². The van der Waals surface area contributed by atoms with E-state index < -0.39 is 0 Å². The lowest BCUT2D eigenvalue weighted by molar-refractivity contribution is 0.0917. The van der Waals surface area contributed by atoms with Gasteiger partial charge in [0.25, 0.3) is 0 Å². The summed E-state index contributed by atoms with van der Waals surface area (Å²) in [6.45, 7) is 4.10. The molecule has 0 aliphatic carbocycles. The molecule has 3 heteroatoms. The van der Waals surface area contributed by atoms with Gasteiger partial charge in [0.2, 0.25) is 0 Å². The van der Waals surface area contributed by atoms with Gasteiger partial charge in [0.05, 0.1) is 12.0 Å². The van der Waals surface area contributed by atoms with Crippen LogP contribution in [-0.4, -0.2) is 12.9 Å². The van der Waals surface area contributed by atoms with Gasteiger partial charge in [-0.05, 0) is 12.8 Å². The van der Waals surface area contributed by atoms with E-state index in [0.29, 0.717) is 0 Å². The zero-order valence-electron chi connectivity index (χ0n) is 8.87. The maximum Gasteiger partial charge on any atom is 0.175 e. The lowest BCUT2D eigenvalue weighted by Gasteiger charge is -2.08. The fourth-order valence-electron chi connectivity index (χ4n) is 1.42.